The lowest BCUT2D eigenvalue weighted by atomic mass is 10.1. The molecular formula is C18H35IN4O3. The molecule has 0 saturated carbocycles. The Morgan fingerprint density at radius 2 is 1.81 bits per heavy atom. The van der Waals surface area contributed by atoms with Gasteiger partial charge in [-0.1, -0.05) is 0 Å². The molecule has 0 radical (unpaired) electrons. The second-order valence-corrected chi connectivity index (χ2v) is 7.05. The zero-order valence-corrected chi connectivity index (χ0v) is 18.4. The molecule has 3 saturated heterocycles. The summed E-state index contributed by atoms with van der Waals surface area (Å²) in [6.07, 6.45) is 4.68. The Kier molecular flexibility index (Phi) is 10.5. The lowest BCUT2D eigenvalue weighted by molar-refractivity contribution is -0.0320. The summed E-state index contributed by atoms with van der Waals surface area (Å²) in [5.41, 5.74) is 0. The summed E-state index contributed by atoms with van der Waals surface area (Å²) in [7, 11) is 1.88. The number of morpholine rings is 1. The second kappa shape index (κ2) is 12.3. The highest BCUT2D eigenvalue weighted by atomic mass is 127. The average Bonchev–Trinajstić information content (AvgIpc) is 3.16. The zero-order chi connectivity index (χ0) is 17.3. The monoisotopic (exact) mass is 482 g/mol. The number of ether oxygens (including phenoxy) is 3. The number of likely N-dealkylation sites (tertiary alicyclic amines) is 1. The Morgan fingerprint density at radius 1 is 1.08 bits per heavy atom. The SMILES string of the molecule is CN=C(NCCCOC1CCOCC1)N1CCC(N2CCOCC2)C1.I. The van der Waals surface area contributed by atoms with E-state index in [1.54, 1.807) is 0 Å². The van der Waals surface area contributed by atoms with Crippen LogP contribution in [0, 0.1) is 0 Å². The number of rotatable bonds is 6. The Bertz CT molecular complexity index is 415. The summed E-state index contributed by atoms with van der Waals surface area (Å²) in [4.78, 5) is 9.42. The third kappa shape index (κ3) is 6.78. The molecule has 0 aromatic rings. The molecule has 26 heavy (non-hydrogen) atoms. The largest absolute Gasteiger partial charge is 0.381 e. The third-order valence-electron chi connectivity index (χ3n) is 5.36. The molecule has 0 amide bonds. The van der Waals surface area contributed by atoms with E-state index in [1.165, 1.54) is 6.42 Å². The molecule has 0 aliphatic carbocycles. The van der Waals surface area contributed by atoms with Crippen molar-refractivity contribution in [3.63, 3.8) is 0 Å². The Morgan fingerprint density at radius 3 is 2.54 bits per heavy atom. The van der Waals surface area contributed by atoms with Gasteiger partial charge in [0, 0.05) is 65.6 Å². The second-order valence-electron chi connectivity index (χ2n) is 7.05. The minimum Gasteiger partial charge on any atom is -0.381 e. The van der Waals surface area contributed by atoms with Gasteiger partial charge in [0.05, 0.1) is 19.3 Å². The molecule has 1 N–H and O–H groups in total. The number of hydrogen-bond acceptors (Lipinski definition) is 5. The molecule has 1 atom stereocenters. The van der Waals surface area contributed by atoms with Gasteiger partial charge in [-0.25, -0.2) is 0 Å². The molecule has 3 fully saturated rings. The number of guanidine groups is 1. The van der Waals surface area contributed by atoms with Gasteiger partial charge >= 0.3 is 0 Å². The highest BCUT2D eigenvalue weighted by Gasteiger charge is 2.30. The van der Waals surface area contributed by atoms with Crippen LogP contribution < -0.4 is 5.32 Å². The Hall–Kier alpha value is -0.160. The van der Waals surface area contributed by atoms with Gasteiger partial charge in [-0.3, -0.25) is 9.89 Å². The van der Waals surface area contributed by atoms with Crippen molar-refractivity contribution >= 4 is 29.9 Å². The molecule has 3 aliphatic rings. The summed E-state index contributed by atoms with van der Waals surface area (Å²) >= 11 is 0. The highest BCUT2D eigenvalue weighted by molar-refractivity contribution is 14.0. The quantitative estimate of drug-likeness (QED) is 0.266. The molecule has 3 heterocycles. The van der Waals surface area contributed by atoms with E-state index in [2.05, 4.69) is 20.1 Å². The van der Waals surface area contributed by atoms with Gasteiger partial charge in [-0.15, -0.1) is 24.0 Å². The number of halogens is 1. The first-order valence-corrected chi connectivity index (χ1v) is 9.83. The van der Waals surface area contributed by atoms with Gasteiger partial charge < -0.3 is 24.4 Å². The van der Waals surface area contributed by atoms with Crippen LogP contribution in [0.25, 0.3) is 0 Å². The number of nitrogens with one attached hydrogen (secondary N) is 1. The predicted molar refractivity (Wildman–Crippen MR) is 114 cm³/mol. The molecular weight excluding hydrogens is 447 g/mol. The van der Waals surface area contributed by atoms with Crippen molar-refractivity contribution in [3.05, 3.63) is 0 Å². The Labute approximate surface area is 174 Å². The van der Waals surface area contributed by atoms with Crippen molar-refractivity contribution in [1.82, 2.24) is 15.1 Å². The van der Waals surface area contributed by atoms with Gasteiger partial charge in [-0.2, -0.15) is 0 Å². The maximum Gasteiger partial charge on any atom is 0.193 e. The van der Waals surface area contributed by atoms with Crippen LogP contribution in [0.3, 0.4) is 0 Å². The standard InChI is InChI=1S/C18H34N4O3.HI/c1-19-18(20-6-2-10-25-17-4-11-23-12-5-17)22-7-3-16(15-22)21-8-13-24-14-9-21;/h16-17H,2-15H2,1H3,(H,19,20);1H. The van der Waals surface area contributed by atoms with Gasteiger partial charge in [0.2, 0.25) is 0 Å². The van der Waals surface area contributed by atoms with Crippen molar-refractivity contribution in [2.24, 2.45) is 4.99 Å². The van der Waals surface area contributed by atoms with E-state index < -0.39 is 0 Å². The van der Waals surface area contributed by atoms with Crippen LogP contribution in [0.15, 0.2) is 4.99 Å². The molecule has 3 rings (SSSR count). The fraction of sp³-hybridized carbons (Fsp3) is 0.944. The van der Waals surface area contributed by atoms with Crippen molar-refractivity contribution < 1.29 is 14.2 Å². The van der Waals surface area contributed by atoms with E-state index >= 15 is 0 Å². The number of hydrogen-bond donors (Lipinski definition) is 1. The minimum absolute atomic E-state index is 0. The summed E-state index contributed by atoms with van der Waals surface area (Å²) in [6, 6.07) is 0.638. The Balaban J connectivity index is 0.00000243. The smallest absolute Gasteiger partial charge is 0.193 e. The summed E-state index contributed by atoms with van der Waals surface area (Å²) in [6.45, 7) is 9.43. The minimum atomic E-state index is 0. The van der Waals surface area contributed by atoms with E-state index in [0.29, 0.717) is 12.1 Å². The topological polar surface area (TPSA) is 58.6 Å². The fourth-order valence-electron chi connectivity index (χ4n) is 3.87. The molecule has 8 heteroatoms. The first kappa shape index (κ1) is 22.1. The van der Waals surface area contributed by atoms with E-state index in [9.17, 15) is 0 Å². The maximum atomic E-state index is 5.93. The number of aliphatic imine (C=N–C) groups is 1. The maximum absolute atomic E-state index is 5.93. The molecule has 152 valence electrons. The lowest BCUT2D eigenvalue weighted by Gasteiger charge is -2.32. The molecule has 7 nitrogen and oxygen atoms in total. The molecule has 0 aromatic heterocycles. The average molecular weight is 482 g/mol. The van der Waals surface area contributed by atoms with Crippen LogP contribution >= 0.6 is 24.0 Å². The van der Waals surface area contributed by atoms with Crippen molar-refractivity contribution in [1.29, 1.82) is 0 Å². The predicted octanol–water partition coefficient (Wildman–Crippen LogP) is 1.17. The van der Waals surface area contributed by atoms with Crippen LogP contribution in [0.5, 0.6) is 0 Å². The van der Waals surface area contributed by atoms with E-state index in [1.807, 2.05) is 7.05 Å². The molecule has 0 spiro atoms. The highest BCUT2D eigenvalue weighted by Crippen LogP contribution is 2.17. The summed E-state index contributed by atoms with van der Waals surface area (Å²) in [5, 5.41) is 3.50. The van der Waals surface area contributed by atoms with Gasteiger partial charge in [0.1, 0.15) is 0 Å². The number of nitrogens with zero attached hydrogens (tertiary/aromatic N) is 3. The van der Waals surface area contributed by atoms with Crippen LogP contribution in [0.1, 0.15) is 25.7 Å². The van der Waals surface area contributed by atoms with Crippen LogP contribution in [-0.2, 0) is 14.2 Å². The van der Waals surface area contributed by atoms with E-state index in [0.717, 1.165) is 91.0 Å². The molecule has 0 bridgehead atoms. The van der Waals surface area contributed by atoms with Crippen LogP contribution in [-0.4, -0.2) is 101 Å². The van der Waals surface area contributed by atoms with Crippen molar-refractivity contribution in [3.8, 4) is 0 Å². The zero-order valence-electron chi connectivity index (χ0n) is 16.0. The first-order chi connectivity index (χ1) is 12.4. The normalized spacial score (nSPS) is 26.0. The van der Waals surface area contributed by atoms with Gasteiger partial charge in [0.15, 0.2) is 5.96 Å². The molecule has 1 unspecified atom stereocenters. The third-order valence-corrected chi connectivity index (χ3v) is 5.36. The van der Waals surface area contributed by atoms with Gasteiger partial charge in [0.25, 0.3) is 0 Å². The van der Waals surface area contributed by atoms with Crippen LogP contribution in [0.2, 0.25) is 0 Å². The summed E-state index contributed by atoms with van der Waals surface area (Å²) < 4.78 is 16.8. The van der Waals surface area contributed by atoms with Gasteiger partial charge in [-0.05, 0) is 25.7 Å². The lowest BCUT2D eigenvalue weighted by Crippen LogP contribution is -2.46. The van der Waals surface area contributed by atoms with E-state index in [-0.39, 0.29) is 24.0 Å². The first-order valence-electron chi connectivity index (χ1n) is 9.83. The van der Waals surface area contributed by atoms with Crippen molar-refractivity contribution in [2.45, 2.75) is 37.8 Å². The fourth-order valence-corrected chi connectivity index (χ4v) is 3.87. The van der Waals surface area contributed by atoms with Crippen molar-refractivity contribution in [2.75, 3.05) is 72.8 Å². The van der Waals surface area contributed by atoms with Crippen LogP contribution in [0.4, 0.5) is 0 Å². The molecule has 3 aliphatic heterocycles. The summed E-state index contributed by atoms with van der Waals surface area (Å²) in [5.74, 6) is 1.03. The molecule has 0 aromatic carbocycles. The van der Waals surface area contributed by atoms with E-state index in [4.69, 9.17) is 14.2 Å².